The van der Waals surface area contributed by atoms with Gasteiger partial charge in [0.15, 0.2) is 0 Å². The number of sulfonamides is 1. The fourth-order valence-electron chi connectivity index (χ4n) is 2.75. The van der Waals surface area contributed by atoms with Gasteiger partial charge in [-0.15, -0.1) is 0 Å². The highest BCUT2D eigenvalue weighted by Gasteiger charge is 2.35. The predicted molar refractivity (Wildman–Crippen MR) is 94.6 cm³/mol. The minimum Gasteiger partial charge on any atom is -0.462 e. The number of ether oxygens (including phenoxy) is 1. The monoisotopic (exact) mass is 359 g/mol. The zero-order chi connectivity index (χ0) is 17.9. The molecular formula is C19H21NO4S. The number of carbonyl (C=O) groups excluding carboxylic acids is 1. The number of carbonyl (C=O) groups is 1. The van der Waals surface area contributed by atoms with Crippen molar-refractivity contribution in [2.75, 3.05) is 6.61 Å². The number of esters is 1. The van der Waals surface area contributed by atoms with E-state index in [1.807, 2.05) is 30.3 Å². The van der Waals surface area contributed by atoms with Crippen molar-refractivity contribution < 1.29 is 17.9 Å². The lowest BCUT2D eigenvalue weighted by atomic mass is 10.0. The number of hydrogen-bond acceptors (Lipinski definition) is 4. The Labute approximate surface area is 148 Å². The first-order chi connectivity index (χ1) is 12.0. The Morgan fingerprint density at radius 2 is 1.76 bits per heavy atom. The largest absolute Gasteiger partial charge is 0.462 e. The second-order valence-electron chi connectivity index (χ2n) is 6.09. The van der Waals surface area contributed by atoms with Crippen molar-refractivity contribution in [1.82, 2.24) is 4.72 Å². The maximum Gasteiger partial charge on any atom is 0.338 e. The fraction of sp³-hybridized carbons (Fsp3) is 0.316. The molecule has 0 spiro atoms. The molecule has 0 saturated heterocycles. The molecule has 2 aromatic rings. The Morgan fingerprint density at radius 1 is 1.12 bits per heavy atom. The van der Waals surface area contributed by atoms with Crippen molar-refractivity contribution in [3.05, 3.63) is 65.7 Å². The number of rotatable bonds is 7. The Balaban J connectivity index is 1.80. The van der Waals surface area contributed by atoms with Crippen LogP contribution >= 0.6 is 0 Å². The molecule has 1 aliphatic rings. The van der Waals surface area contributed by atoms with Gasteiger partial charge in [0.25, 0.3) is 0 Å². The molecule has 0 bridgehead atoms. The summed E-state index contributed by atoms with van der Waals surface area (Å²) in [6.45, 7) is 2.00. The average Bonchev–Trinajstić information content (AvgIpc) is 3.46. The molecule has 0 aliphatic heterocycles. The summed E-state index contributed by atoms with van der Waals surface area (Å²) >= 11 is 0. The van der Waals surface area contributed by atoms with E-state index >= 15 is 0 Å². The second kappa shape index (κ2) is 7.37. The zero-order valence-corrected chi connectivity index (χ0v) is 14.8. The molecule has 1 saturated carbocycles. The highest BCUT2D eigenvalue weighted by Crippen LogP contribution is 2.41. The van der Waals surface area contributed by atoms with Gasteiger partial charge in [-0.25, -0.2) is 17.9 Å². The van der Waals surface area contributed by atoms with Gasteiger partial charge < -0.3 is 4.74 Å². The van der Waals surface area contributed by atoms with E-state index < -0.39 is 16.0 Å². The molecule has 1 aliphatic carbocycles. The minimum atomic E-state index is -3.67. The third-order valence-corrected chi connectivity index (χ3v) is 5.67. The first-order valence-corrected chi connectivity index (χ1v) is 9.84. The summed E-state index contributed by atoms with van der Waals surface area (Å²) in [7, 11) is -3.67. The third-order valence-electron chi connectivity index (χ3n) is 4.21. The van der Waals surface area contributed by atoms with Crippen LogP contribution in [-0.2, 0) is 14.8 Å². The van der Waals surface area contributed by atoms with Crippen LogP contribution in [0, 0.1) is 5.92 Å². The summed E-state index contributed by atoms with van der Waals surface area (Å²) < 4.78 is 33.2. The van der Waals surface area contributed by atoms with E-state index in [0.717, 1.165) is 18.4 Å². The van der Waals surface area contributed by atoms with Crippen LogP contribution in [0.3, 0.4) is 0 Å². The van der Waals surface area contributed by atoms with Crippen molar-refractivity contribution in [1.29, 1.82) is 0 Å². The lowest BCUT2D eigenvalue weighted by molar-refractivity contribution is 0.0526. The highest BCUT2D eigenvalue weighted by molar-refractivity contribution is 7.89. The quantitative estimate of drug-likeness (QED) is 0.770. The fourth-order valence-corrected chi connectivity index (χ4v) is 4.04. The van der Waals surface area contributed by atoms with E-state index in [1.165, 1.54) is 24.3 Å². The molecule has 25 heavy (non-hydrogen) atoms. The SMILES string of the molecule is CCOC(=O)c1ccc(S(=O)(=O)N[C@H](c2ccccc2)C2CC2)cc1. The van der Waals surface area contributed by atoms with E-state index in [0.29, 0.717) is 11.5 Å². The van der Waals surface area contributed by atoms with Crippen LogP contribution < -0.4 is 4.72 Å². The smallest absolute Gasteiger partial charge is 0.338 e. The molecule has 1 N–H and O–H groups in total. The van der Waals surface area contributed by atoms with Crippen molar-refractivity contribution in [3.8, 4) is 0 Å². The summed E-state index contributed by atoms with van der Waals surface area (Å²) in [6, 6.07) is 15.2. The van der Waals surface area contributed by atoms with Crippen LogP contribution in [0.4, 0.5) is 0 Å². The summed E-state index contributed by atoms with van der Waals surface area (Å²) in [5.74, 6) is -0.129. The van der Waals surface area contributed by atoms with E-state index in [1.54, 1.807) is 6.92 Å². The van der Waals surface area contributed by atoms with E-state index in [-0.39, 0.29) is 17.5 Å². The van der Waals surface area contributed by atoms with Gasteiger partial charge in [0, 0.05) is 6.04 Å². The molecule has 0 radical (unpaired) electrons. The second-order valence-corrected chi connectivity index (χ2v) is 7.81. The Hall–Kier alpha value is -2.18. The summed E-state index contributed by atoms with van der Waals surface area (Å²) in [6.07, 6.45) is 2.04. The van der Waals surface area contributed by atoms with Gasteiger partial charge in [0.1, 0.15) is 0 Å². The molecule has 3 rings (SSSR count). The third kappa shape index (κ3) is 4.27. The Bertz CT molecular complexity index is 827. The Kier molecular flexibility index (Phi) is 5.20. The molecule has 0 amide bonds. The van der Waals surface area contributed by atoms with Crippen LogP contribution in [-0.4, -0.2) is 21.0 Å². The van der Waals surface area contributed by atoms with Crippen molar-refractivity contribution >= 4 is 16.0 Å². The molecular weight excluding hydrogens is 338 g/mol. The molecule has 5 nitrogen and oxygen atoms in total. The predicted octanol–water partition coefficient (Wildman–Crippen LogP) is 3.29. The van der Waals surface area contributed by atoms with Crippen molar-refractivity contribution in [2.45, 2.75) is 30.7 Å². The average molecular weight is 359 g/mol. The first kappa shape index (κ1) is 17.6. The standard InChI is InChI=1S/C19H21NO4S/c1-2-24-19(21)16-10-12-17(13-11-16)25(22,23)20-18(15-8-9-15)14-6-4-3-5-7-14/h3-7,10-13,15,18,20H,2,8-9H2,1H3/t18-/m1/s1. The van der Waals surface area contributed by atoms with Gasteiger partial charge in [0.05, 0.1) is 17.1 Å². The molecule has 1 atom stereocenters. The maximum atomic E-state index is 12.7. The number of hydrogen-bond donors (Lipinski definition) is 1. The van der Waals surface area contributed by atoms with Gasteiger partial charge in [-0.1, -0.05) is 30.3 Å². The van der Waals surface area contributed by atoms with E-state index in [9.17, 15) is 13.2 Å². The van der Waals surface area contributed by atoms with Crippen LogP contribution in [0.15, 0.2) is 59.5 Å². The number of nitrogens with one attached hydrogen (secondary N) is 1. The summed E-state index contributed by atoms with van der Waals surface area (Å²) in [5.41, 5.74) is 1.30. The summed E-state index contributed by atoms with van der Waals surface area (Å²) in [5, 5.41) is 0. The molecule has 2 aromatic carbocycles. The van der Waals surface area contributed by atoms with Crippen LogP contribution in [0.1, 0.15) is 41.7 Å². The summed E-state index contributed by atoms with van der Waals surface area (Å²) in [4.78, 5) is 11.8. The first-order valence-electron chi connectivity index (χ1n) is 8.35. The van der Waals surface area contributed by atoms with E-state index in [2.05, 4.69) is 4.72 Å². The number of benzene rings is 2. The molecule has 0 unspecified atom stereocenters. The lowest BCUT2D eigenvalue weighted by Gasteiger charge is -2.19. The van der Waals surface area contributed by atoms with Gasteiger partial charge in [-0.2, -0.15) is 0 Å². The van der Waals surface area contributed by atoms with E-state index in [4.69, 9.17) is 4.74 Å². The van der Waals surface area contributed by atoms with Crippen molar-refractivity contribution in [2.24, 2.45) is 5.92 Å². The Morgan fingerprint density at radius 3 is 2.32 bits per heavy atom. The normalized spacial score (nSPS) is 15.6. The molecule has 1 fully saturated rings. The van der Waals surface area contributed by atoms with Gasteiger partial charge in [0.2, 0.25) is 10.0 Å². The van der Waals surface area contributed by atoms with Gasteiger partial charge >= 0.3 is 5.97 Å². The molecule has 6 heteroatoms. The van der Waals surface area contributed by atoms with Crippen molar-refractivity contribution in [3.63, 3.8) is 0 Å². The topological polar surface area (TPSA) is 72.5 Å². The van der Waals surface area contributed by atoms with Gasteiger partial charge in [-0.05, 0) is 55.5 Å². The molecule has 0 heterocycles. The highest BCUT2D eigenvalue weighted by atomic mass is 32.2. The van der Waals surface area contributed by atoms with Gasteiger partial charge in [-0.3, -0.25) is 0 Å². The molecule has 0 aromatic heterocycles. The maximum absolute atomic E-state index is 12.7. The molecule has 132 valence electrons. The van der Waals surface area contributed by atoms with Crippen LogP contribution in [0.2, 0.25) is 0 Å². The zero-order valence-electron chi connectivity index (χ0n) is 14.0. The van der Waals surface area contributed by atoms with Crippen LogP contribution in [0.5, 0.6) is 0 Å². The lowest BCUT2D eigenvalue weighted by Crippen LogP contribution is -2.30. The minimum absolute atomic E-state index is 0.141. The van der Waals surface area contributed by atoms with Crippen LogP contribution in [0.25, 0.3) is 0 Å².